The van der Waals surface area contributed by atoms with Crippen molar-refractivity contribution in [1.29, 1.82) is 5.26 Å². The first kappa shape index (κ1) is 16.6. The van der Waals surface area contributed by atoms with E-state index in [1.54, 1.807) is 12.1 Å². The first-order valence-electron chi connectivity index (χ1n) is 8.57. The molecule has 4 nitrogen and oxygen atoms in total. The number of carboxylic acid groups (broad SMARTS) is 1. The molecule has 4 heteroatoms. The predicted molar refractivity (Wildman–Crippen MR) is 106 cm³/mol. The summed E-state index contributed by atoms with van der Waals surface area (Å²) < 4.78 is 0. The van der Waals surface area contributed by atoms with Gasteiger partial charge in [0, 0.05) is 17.9 Å². The molecule has 3 aromatic rings. The number of hydrogen-bond donors (Lipinski definition) is 1. The predicted octanol–water partition coefficient (Wildman–Crippen LogP) is 5.08. The molecule has 130 valence electrons. The standard InChI is InChI=1S/C23H16N2O2/c24-14-17-7-12-22-20(13-17)11-10-18-3-1-2-4-21(18)25(22)15-16-5-8-19(9-6-16)23(26)27/h1-13H,15H2,(H,26,27). The summed E-state index contributed by atoms with van der Waals surface area (Å²) in [5.41, 5.74) is 6.05. The highest BCUT2D eigenvalue weighted by Gasteiger charge is 2.18. The largest absolute Gasteiger partial charge is 0.478 e. The third-order valence-corrected chi connectivity index (χ3v) is 4.66. The van der Waals surface area contributed by atoms with E-state index in [-0.39, 0.29) is 5.56 Å². The van der Waals surface area contributed by atoms with E-state index in [9.17, 15) is 10.1 Å². The van der Waals surface area contributed by atoms with Crippen molar-refractivity contribution < 1.29 is 9.90 Å². The first-order valence-corrected chi connectivity index (χ1v) is 8.57. The summed E-state index contributed by atoms with van der Waals surface area (Å²) in [6, 6.07) is 22.9. The SMILES string of the molecule is N#Cc1ccc2c(c1)C=Cc1ccccc1N2Cc1ccc(C(=O)O)cc1. The van der Waals surface area contributed by atoms with Gasteiger partial charge in [-0.2, -0.15) is 5.26 Å². The van der Waals surface area contributed by atoms with Gasteiger partial charge in [-0.05, 0) is 53.1 Å². The highest BCUT2D eigenvalue weighted by atomic mass is 16.4. The summed E-state index contributed by atoms with van der Waals surface area (Å²) in [5, 5.41) is 18.3. The molecule has 0 bridgehead atoms. The summed E-state index contributed by atoms with van der Waals surface area (Å²) in [6.07, 6.45) is 4.09. The van der Waals surface area contributed by atoms with E-state index in [4.69, 9.17) is 5.11 Å². The summed E-state index contributed by atoms with van der Waals surface area (Å²) in [6.45, 7) is 0.595. The molecule has 3 aromatic carbocycles. The van der Waals surface area contributed by atoms with Crippen LogP contribution in [0, 0.1) is 11.3 Å². The van der Waals surface area contributed by atoms with Gasteiger partial charge in [-0.1, -0.05) is 42.5 Å². The fraction of sp³-hybridized carbons (Fsp3) is 0.0435. The average Bonchev–Trinajstić information content (AvgIpc) is 2.85. The van der Waals surface area contributed by atoms with Gasteiger partial charge in [0.25, 0.3) is 0 Å². The van der Waals surface area contributed by atoms with Crippen LogP contribution in [0.25, 0.3) is 12.2 Å². The zero-order valence-electron chi connectivity index (χ0n) is 14.5. The molecule has 1 heterocycles. The van der Waals surface area contributed by atoms with Crippen molar-refractivity contribution in [2.24, 2.45) is 0 Å². The number of aromatic carboxylic acids is 1. The van der Waals surface area contributed by atoms with Crippen LogP contribution in [-0.4, -0.2) is 11.1 Å². The molecule has 0 fully saturated rings. The maximum atomic E-state index is 11.1. The highest BCUT2D eigenvalue weighted by Crippen LogP contribution is 2.37. The minimum Gasteiger partial charge on any atom is -0.478 e. The van der Waals surface area contributed by atoms with Crippen molar-refractivity contribution in [3.8, 4) is 6.07 Å². The molecule has 0 aromatic heterocycles. The van der Waals surface area contributed by atoms with Crippen LogP contribution >= 0.6 is 0 Å². The van der Waals surface area contributed by atoms with Crippen molar-refractivity contribution in [2.45, 2.75) is 6.54 Å². The zero-order valence-corrected chi connectivity index (χ0v) is 14.5. The van der Waals surface area contributed by atoms with Gasteiger partial charge >= 0.3 is 5.97 Å². The smallest absolute Gasteiger partial charge is 0.335 e. The van der Waals surface area contributed by atoms with Crippen LogP contribution in [-0.2, 0) is 6.54 Å². The normalized spacial score (nSPS) is 11.9. The highest BCUT2D eigenvalue weighted by molar-refractivity contribution is 5.89. The fourth-order valence-corrected chi connectivity index (χ4v) is 3.29. The number of rotatable bonds is 3. The number of nitriles is 1. The lowest BCUT2D eigenvalue weighted by atomic mass is 10.1. The second kappa shape index (κ2) is 6.81. The van der Waals surface area contributed by atoms with Crippen LogP contribution in [0.15, 0.2) is 66.7 Å². The Balaban J connectivity index is 1.80. The molecule has 0 aliphatic carbocycles. The van der Waals surface area contributed by atoms with Gasteiger partial charge in [0.15, 0.2) is 0 Å². The minimum atomic E-state index is -0.930. The van der Waals surface area contributed by atoms with Crippen LogP contribution in [0.5, 0.6) is 0 Å². The maximum Gasteiger partial charge on any atom is 0.335 e. The van der Waals surface area contributed by atoms with Crippen molar-refractivity contribution in [3.05, 3.63) is 94.5 Å². The number of benzene rings is 3. The lowest BCUT2D eigenvalue weighted by molar-refractivity contribution is 0.0697. The lowest BCUT2D eigenvalue weighted by Gasteiger charge is -2.27. The van der Waals surface area contributed by atoms with Crippen molar-refractivity contribution in [2.75, 3.05) is 4.90 Å². The Kier molecular flexibility index (Phi) is 4.19. The zero-order chi connectivity index (χ0) is 18.8. The Labute approximate surface area is 157 Å². The number of nitrogens with zero attached hydrogens (tertiary/aromatic N) is 2. The number of para-hydroxylation sites is 1. The number of hydrogen-bond acceptors (Lipinski definition) is 3. The number of fused-ring (bicyclic) bond motifs is 2. The average molecular weight is 352 g/mol. The summed E-state index contributed by atoms with van der Waals surface area (Å²) >= 11 is 0. The Bertz CT molecular complexity index is 1090. The van der Waals surface area contributed by atoms with Gasteiger partial charge in [0.05, 0.1) is 17.2 Å². The fourth-order valence-electron chi connectivity index (χ4n) is 3.29. The molecule has 1 aliphatic heterocycles. The molecular weight excluding hydrogens is 336 g/mol. The Morgan fingerprint density at radius 2 is 1.63 bits per heavy atom. The molecule has 0 amide bonds. The number of carboxylic acids is 1. The Morgan fingerprint density at radius 3 is 2.37 bits per heavy atom. The molecule has 0 spiro atoms. The van der Waals surface area contributed by atoms with Crippen molar-refractivity contribution >= 4 is 29.5 Å². The first-order chi connectivity index (χ1) is 13.2. The van der Waals surface area contributed by atoms with E-state index < -0.39 is 5.97 Å². The third-order valence-electron chi connectivity index (χ3n) is 4.66. The van der Waals surface area contributed by atoms with E-state index in [1.807, 2.05) is 48.5 Å². The van der Waals surface area contributed by atoms with Crippen LogP contribution in [0.1, 0.15) is 32.6 Å². The van der Waals surface area contributed by atoms with E-state index in [2.05, 4.69) is 29.2 Å². The third kappa shape index (κ3) is 3.19. The van der Waals surface area contributed by atoms with Gasteiger partial charge in [-0.25, -0.2) is 4.79 Å². The molecule has 0 saturated heterocycles. The molecule has 0 saturated carbocycles. The second-order valence-electron chi connectivity index (χ2n) is 6.37. The van der Waals surface area contributed by atoms with Gasteiger partial charge < -0.3 is 10.0 Å². The summed E-state index contributed by atoms with van der Waals surface area (Å²) in [7, 11) is 0. The van der Waals surface area contributed by atoms with Gasteiger partial charge in [0.2, 0.25) is 0 Å². The number of anilines is 2. The summed E-state index contributed by atoms with van der Waals surface area (Å²) in [4.78, 5) is 13.3. The minimum absolute atomic E-state index is 0.274. The number of carbonyl (C=O) groups is 1. The lowest BCUT2D eigenvalue weighted by Crippen LogP contribution is -2.18. The maximum absolute atomic E-state index is 11.1. The van der Waals surface area contributed by atoms with Gasteiger partial charge in [0.1, 0.15) is 0 Å². The molecule has 0 atom stereocenters. The van der Waals surface area contributed by atoms with Crippen LogP contribution in [0.2, 0.25) is 0 Å². The molecule has 1 N–H and O–H groups in total. The Morgan fingerprint density at radius 1 is 0.926 bits per heavy atom. The van der Waals surface area contributed by atoms with E-state index in [1.165, 1.54) is 0 Å². The van der Waals surface area contributed by atoms with Crippen molar-refractivity contribution in [1.82, 2.24) is 0 Å². The molecule has 4 rings (SSSR count). The second-order valence-corrected chi connectivity index (χ2v) is 6.37. The summed E-state index contributed by atoms with van der Waals surface area (Å²) in [5.74, 6) is -0.930. The van der Waals surface area contributed by atoms with E-state index in [0.29, 0.717) is 12.1 Å². The van der Waals surface area contributed by atoms with Crippen LogP contribution in [0.4, 0.5) is 11.4 Å². The topological polar surface area (TPSA) is 64.3 Å². The quantitative estimate of drug-likeness (QED) is 0.714. The molecule has 0 radical (unpaired) electrons. The molecule has 1 aliphatic rings. The van der Waals surface area contributed by atoms with Crippen molar-refractivity contribution in [3.63, 3.8) is 0 Å². The van der Waals surface area contributed by atoms with Crippen LogP contribution < -0.4 is 4.90 Å². The van der Waals surface area contributed by atoms with Gasteiger partial charge in [-0.3, -0.25) is 0 Å². The molecule has 0 unspecified atom stereocenters. The van der Waals surface area contributed by atoms with Gasteiger partial charge in [-0.15, -0.1) is 0 Å². The Hall–Kier alpha value is -3.84. The van der Waals surface area contributed by atoms with Crippen LogP contribution in [0.3, 0.4) is 0 Å². The molecule has 27 heavy (non-hydrogen) atoms. The van der Waals surface area contributed by atoms with E-state index in [0.717, 1.165) is 28.1 Å². The molecular formula is C23H16N2O2. The van der Waals surface area contributed by atoms with E-state index >= 15 is 0 Å². The monoisotopic (exact) mass is 352 g/mol.